The third-order valence-electron chi connectivity index (χ3n) is 3.81. The second kappa shape index (κ2) is 9.00. The molecule has 1 aliphatic heterocycles. The van der Waals surface area contributed by atoms with Gasteiger partial charge in [-0.25, -0.2) is 0 Å². The minimum atomic E-state index is 0.833. The number of nitrogens with zero attached hydrogens (tertiary/aromatic N) is 1. The van der Waals surface area contributed by atoms with Gasteiger partial charge in [-0.2, -0.15) is 0 Å². The van der Waals surface area contributed by atoms with Crippen molar-refractivity contribution in [3.8, 4) is 0 Å². The van der Waals surface area contributed by atoms with Crippen molar-refractivity contribution in [1.82, 2.24) is 10.2 Å². The molecule has 2 nitrogen and oxygen atoms in total. The van der Waals surface area contributed by atoms with E-state index in [4.69, 9.17) is 0 Å². The zero-order valence-corrected chi connectivity index (χ0v) is 11.3. The van der Waals surface area contributed by atoms with Crippen LogP contribution in [0.1, 0.15) is 58.3 Å². The van der Waals surface area contributed by atoms with Gasteiger partial charge in [0.05, 0.1) is 0 Å². The molecular formula is C14H30N2. The summed E-state index contributed by atoms with van der Waals surface area (Å²) < 4.78 is 0. The van der Waals surface area contributed by atoms with Crippen molar-refractivity contribution in [2.75, 3.05) is 26.7 Å². The molecule has 1 saturated heterocycles. The summed E-state index contributed by atoms with van der Waals surface area (Å²) in [5.74, 6) is 0. The van der Waals surface area contributed by atoms with E-state index < -0.39 is 0 Å². The van der Waals surface area contributed by atoms with Crippen LogP contribution in [0.5, 0.6) is 0 Å². The Hall–Kier alpha value is -0.0800. The molecule has 0 saturated carbocycles. The van der Waals surface area contributed by atoms with Gasteiger partial charge in [0.1, 0.15) is 0 Å². The Bertz CT molecular complexity index is 159. The summed E-state index contributed by atoms with van der Waals surface area (Å²) in [7, 11) is 2.04. The molecule has 0 aromatic rings. The molecule has 1 N–H and O–H groups in total. The van der Waals surface area contributed by atoms with Crippen molar-refractivity contribution in [2.24, 2.45) is 0 Å². The molecule has 16 heavy (non-hydrogen) atoms. The first-order valence-electron chi connectivity index (χ1n) is 7.23. The van der Waals surface area contributed by atoms with E-state index in [9.17, 15) is 0 Å². The van der Waals surface area contributed by atoms with Gasteiger partial charge >= 0.3 is 0 Å². The van der Waals surface area contributed by atoms with E-state index in [0.29, 0.717) is 0 Å². The van der Waals surface area contributed by atoms with Crippen molar-refractivity contribution in [3.63, 3.8) is 0 Å². The molecular weight excluding hydrogens is 196 g/mol. The minimum Gasteiger partial charge on any atom is -0.320 e. The highest BCUT2D eigenvalue weighted by molar-refractivity contribution is 4.71. The number of likely N-dealkylation sites (tertiary alicyclic amines) is 1. The van der Waals surface area contributed by atoms with E-state index in [2.05, 4.69) is 17.1 Å². The molecule has 1 heterocycles. The average molecular weight is 226 g/mol. The van der Waals surface area contributed by atoms with Crippen molar-refractivity contribution >= 4 is 0 Å². The van der Waals surface area contributed by atoms with Crippen molar-refractivity contribution < 1.29 is 0 Å². The lowest BCUT2D eigenvalue weighted by Crippen LogP contribution is -2.33. The molecule has 2 heteroatoms. The molecule has 1 rings (SSSR count). The van der Waals surface area contributed by atoms with Crippen LogP contribution in [0.15, 0.2) is 0 Å². The summed E-state index contributed by atoms with van der Waals surface area (Å²) in [6, 6.07) is 0.833. The molecule has 0 spiro atoms. The Morgan fingerprint density at radius 2 is 1.88 bits per heavy atom. The Morgan fingerprint density at radius 3 is 2.69 bits per heavy atom. The van der Waals surface area contributed by atoms with Crippen molar-refractivity contribution in [2.45, 2.75) is 64.3 Å². The largest absolute Gasteiger partial charge is 0.320 e. The third-order valence-corrected chi connectivity index (χ3v) is 3.81. The number of unbranched alkanes of at least 4 members (excludes halogenated alkanes) is 3. The van der Waals surface area contributed by atoms with Crippen LogP contribution in [0.3, 0.4) is 0 Å². The van der Waals surface area contributed by atoms with E-state index in [-0.39, 0.29) is 0 Å². The molecule has 1 fully saturated rings. The van der Waals surface area contributed by atoms with Crippen LogP contribution in [0.4, 0.5) is 0 Å². The quantitative estimate of drug-likeness (QED) is 0.671. The van der Waals surface area contributed by atoms with E-state index in [0.717, 1.165) is 6.04 Å². The molecule has 0 radical (unpaired) electrons. The van der Waals surface area contributed by atoms with E-state index in [1.165, 1.54) is 71.0 Å². The molecule has 0 amide bonds. The Balaban J connectivity index is 2.01. The number of hydrogen-bond acceptors (Lipinski definition) is 2. The van der Waals surface area contributed by atoms with Gasteiger partial charge in [-0.1, -0.05) is 25.7 Å². The Kier molecular flexibility index (Phi) is 7.87. The predicted molar refractivity (Wildman–Crippen MR) is 71.9 cm³/mol. The molecule has 1 atom stereocenters. The summed E-state index contributed by atoms with van der Waals surface area (Å²) in [6.45, 7) is 6.27. The van der Waals surface area contributed by atoms with E-state index in [1.807, 2.05) is 7.05 Å². The smallest absolute Gasteiger partial charge is 0.00669 e. The van der Waals surface area contributed by atoms with E-state index in [1.54, 1.807) is 0 Å². The van der Waals surface area contributed by atoms with Crippen molar-refractivity contribution in [1.29, 1.82) is 0 Å². The highest BCUT2D eigenvalue weighted by atomic mass is 15.1. The Labute approximate surface area is 102 Å². The van der Waals surface area contributed by atoms with Gasteiger partial charge in [0.2, 0.25) is 0 Å². The maximum absolute atomic E-state index is 3.21. The summed E-state index contributed by atoms with van der Waals surface area (Å²) in [5, 5.41) is 3.21. The molecule has 1 aliphatic rings. The first kappa shape index (κ1) is 14.0. The molecule has 96 valence electrons. The topological polar surface area (TPSA) is 15.3 Å². The fourth-order valence-corrected chi connectivity index (χ4v) is 2.64. The fraction of sp³-hybridized carbons (Fsp3) is 1.00. The number of hydrogen-bond donors (Lipinski definition) is 1. The van der Waals surface area contributed by atoms with Gasteiger partial charge in [-0.15, -0.1) is 0 Å². The lowest BCUT2D eigenvalue weighted by molar-refractivity contribution is 0.209. The summed E-state index contributed by atoms with van der Waals surface area (Å²) in [6.07, 6.45) is 11.3. The number of nitrogens with one attached hydrogen (secondary N) is 1. The second-order valence-corrected chi connectivity index (χ2v) is 5.25. The monoisotopic (exact) mass is 226 g/mol. The van der Waals surface area contributed by atoms with Crippen LogP contribution in [0, 0.1) is 0 Å². The summed E-state index contributed by atoms with van der Waals surface area (Å²) in [5.41, 5.74) is 0. The first-order chi connectivity index (χ1) is 7.84. The molecule has 0 aromatic carbocycles. The predicted octanol–water partition coefficient (Wildman–Crippen LogP) is 3.03. The van der Waals surface area contributed by atoms with Crippen LogP contribution < -0.4 is 5.32 Å². The molecule has 0 aromatic heterocycles. The first-order valence-corrected chi connectivity index (χ1v) is 7.23. The number of rotatable bonds is 7. The maximum atomic E-state index is 3.21. The van der Waals surface area contributed by atoms with Crippen LogP contribution in [-0.2, 0) is 0 Å². The van der Waals surface area contributed by atoms with Crippen LogP contribution in [0.2, 0.25) is 0 Å². The second-order valence-electron chi connectivity index (χ2n) is 5.25. The lowest BCUT2D eigenvalue weighted by Gasteiger charge is -2.26. The van der Waals surface area contributed by atoms with Crippen LogP contribution in [-0.4, -0.2) is 37.6 Å². The van der Waals surface area contributed by atoms with Crippen molar-refractivity contribution in [3.05, 3.63) is 0 Å². The maximum Gasteiger partial charge on any atom is 0.00669 e. The summed E-state index contributed by atoms with van der Waals surface area (Å²) >= 11 is 0. The van der Waals surface area contributed by atoms with Gasteiger partial charge in [-0.3, -0.25) is 0 Å². The average Bonchev–Trinajstić information content (AvgIpc) is 2.49. The highest BCUT2D eigenvalue weighted by Gasteiger charge is 2.15. The van der Waals surface area contributed by atoms with Gasteiger partial charge in [0, 0.05) is 6.04 Å². The van der Waals surface area contributed by atoms with Gasteiger partial charge in [0.15, 0.2) is 0 Å². The van der Waals surface area contributed by atoms with Crippen LogP contribution >= 0.6 is 0 Å². The lowest BCUT2D eigenvalue weighted by atomic mass is 10.1. The third kappa shape index (κ3) is 5.86. The highest BCUT2D eigenvalue weighted by Crippen LogP contribution is 2.16. The zero-order chi connectivity index (χ0) is 11.6. The normalized spacial score (nSPS) is 23.2. The molecule has 0 aliphatic carbocycles. The van der Waals surface area contributed by atoms with Crippen LogP contribution in [0.25, 0.3) is 0 Å². The SMILES string of the molecule is CNCCCCCCN1CCCCCC1C. The standard InChI is InChI=1S/C14H30N2/c1-14-10-6-5-9-13-16(14)12-8-4-3-7-11-15-2/h14-15H,3-13H2,1-2H3. The van der Waals surface area contributed by atoms with Gasteiger partial charge < -0.3 is 10.2 Å². The van der Waals surface area contributed by atoms with E-state index >= 15 is 0 Å². The summed E-state index contributed by atoms with van der Waals surface area (Å²) in [4.78, 5) is 2.71. The van der Waals surface area contributed by atoms with Gasteiger partial charge in [-0.05, 0) is 59.3 Å². The molecule has 1 unspecified atom stereocenters. The zero-order valence-electron chi connectivity index (χ0n) is 11.3. The Morgan fingerprint density at radius 1 is 1.06 bits per heavy atom. The van der Waals surface area contributed by atoms with Gasteiger partial charge in [0.25, 0.3) is 0 Å². The molecule has 0 bridgehead atoms. The fourth-order valence-electron chi connectivity index (χ4n) is 2.64. The minimum absolute atomic E-state index is 0.833.